The fraction of sp³-hybridized carbons (Fsp3) is 0.538. The quantitative estimate of drug-likeness (QED) is 0.894. The van der Waals surface area contributed by atoms with E-state index in [1.165, 1.54) is 16.4 Å². The zero-order chi connectivity index (χ0) is 14.2. The van der Waals surface area contributed by atoms with Crippen molar-refractivity contribution in [2.75, 3.05) is 13.2 Å². The number of nitrogens with zero attached hydrogens (tertiary/aromatic N) is 1. The number of halogens is 1. The normalized spacial score (nSPS) is 16.1. The molecule has 1 aromatic rings. The molecule has 1 aromatic carbocycles. The Morgan fingerprint density at radius 2 is 1.84 bits per heavy atom. The van der Waals surface area contributed by atoms with Gasteiger partial charge in [0.15, 0.2) is 0 Å². The number of aliphatic hydroxyl groups excluding tert-OH is 1. The van der Waals surface area contributed by atoms with Crippen LogP contribution in [0, 0.1) is 19.7 Å². The Labute approximate surface area is 112 Å². The minimum absolute atomic E-state index is 0.0268. The molecule has 0 aromatic heterocycles. The molecule has 19 heavy (non-hydrogen) atoms. The van der Waals surface area contributed by atoms with Crippen LogP contribution in [-0.2, 0) is 10.0 Å². The van der Waals surface area contributed by atoms with E-state index in [0.29, 0.717) is 11.1 Å². The van der Waals surface area contributed by atoms with Crippen LogP contribution in [0.1, 0.15) is 24.0 Å². The number of aliphatic hydroxyl groups is 1. The van der Waals surface area contributed by atoms with E-state index in [1.807, 2.05) is 0 Å². The molecule has 0 amide bonds. The van der Waals surface area contributed by atoms with Gasteiger partial charge in [-0.05, 0) is 49.9 Å². The molecule has 1 saturated carbocycles. The average molecular weight is 287 g/mol. The first-order valence-corrected chi connectivity index (χ1v) is 7.71. The maximum Gasteiger partial charge on any atom is 0.243 e. The van der Waals surface area contributed by atoms with Gasteiger partial charge >= 0.3 is 0 Å². The van der Waals surface area contributed by atoms with Crippen LogP contribution in [0.5, 0.6) is 0 Å². The number of sulfonamides is 1. The summed E-state index contributed by atoms with van der Waals surface area (Å²) in [5, 5.41) is 9.04. The predicted molar refractivity (Wildman–Crippen MR) is 69.9 cm³/mol. The molecule has 0 spiro atoms. The summed E-state index contributed by atoms with van der Waals surface area (Å²) in [6, 6.07) is 2.43. The fourth-order valence-corrected chi connectivity index (χ4v) is 4.47. The molecule has 1 N–H and O–H groups in total. The van der Waals surface area contributed by atoms with Crippen molar-refractivity contribution in [2.24, 2.45) is 0 Å². The monoisotopic (exact) mass is 287 g/mol. The Morgan fingerprint density at radius 1 is 1.32 bits per heavy atom. The highest BCUT2D eigenvalue weighted by Gasteiger charge is 2.38. The van der Waals surface area contributed by atoms with E-state index in [9.17, 15) is 12.8 Å². The first-order valence-electron chi connectivity index (χ1n) is 6.27. The molecule has 1 aliphatic carbocycles. The Hall–Kier alpha value is -0.980. The Bertz CT molecular complexity index is 559. The summed E-state index contributed by atoms with van der Waals surface area (Å²) in [7, 11) is -3.67. The molecular weight excluding hydrogens is 269 g/mol. The summed E-state index contributed by atoms with van der Waals surface area (Å²) < 4.78 is 39.9. The highest BCUT2D eigenvalue weighted by molar-refractivity contribution is 7.89. The van der Waals surface area contributed by atoms with Gasteiger partial charge in [-0.2, -0.15) is 4.31 Å². The lowest BCUT2D eigenvalue weighted by Gasteiger charge is -2.23. The Kier molecular flexibility index (Phi) is 3.94. The SMILES string of the molecule is Cc1cc(F)cc(C)c1S(=O)(=O)N(CCO)C1CC1. The third kappa shape index (κ3) is 2.80. The van der Waals surface area contributed by atoms with Gasteiger partial charge in [-0.25, -0.2) is 12.8 Å². The fourth-order valence-electron chi connectivity index (χ4n) is 2.38. The molecule has 0 atom stereocenters. The van der Waals surface area contributed by atoms with Crippen molar-refractivity contribution >= 4 is 10.0 Å². The van der Waals surface area contributed by atoms with Crippen LogP contribution in [-0.4, -0.2) is 37.0 Å². The lowest BCUT2D eigenvalue weighted by Crippen LogP contribution is -2.36. The minimum Gasteiger partial charge on any atom is -0.395 e. The van der Waals surface area contributed by atoms with E-state index in [0.717, 1.165) is 12.8 Å². The maximum absolute atomic E-state index is 13.3. The van der Waals surface area contributed by atoms with Crippen molar-refractivity contribution in [1.29, 1.82) is 0 Å². The van der Waals surface area contributed by atoms with E-state index >= 15 is 0 Å². The number of benzene rings is 1. The van der Waals surface area contributed by atoms with Gasteiger partial charge < -0.3 is 5.11 Å². The van der Waals surface area contributed by atoms with Crippen LogP contribution in [0.3, 0.4) is 0 Å². The molecule has 0 heterocycles. The van der Waals surface area contributed by atoms with E-state index in [4.69, 9.17) is 5.11 Å². The average Bonchev–Trinajstić information content (AvgIpc) is 3.07. The summed E-state index contributed by atoms with van der Waals surface area (Å²) in [5.41, 5.74) is 0.808. The molecule has 0 aliphatic heterocycles. The smallest absolute Gasteiger partial charge is 0.243 e. The molecule has 0 unspecified atom stereocenters. The molecule has 2 rings (SSSR count). The van der Waals surface area contributed by atoms with Crippen molar-refractivity contribution in [1.82, 2.24) is 4.31 Å². The van der Waals surface area contributed by atoms with Crippen LogP contribution in [0.4, 0.5) is 4.39 Å². The molecule has 106 valence electrons. The molecule has 6 heteroatoms. The van der Waals surface area contributed by atoms with E-state index in [-0.39, 0.29) is 24.1 Å². The van der Waals surface area contributed by atoms with Gasteiger partial charge in [-0.3, -0.25) is 0 Å². The summed E-state index contributed by atoms with van der Waals surface area (Å²) >= 11 is 0. The van der Waals surface area contributed by atoms with E-state index in [1.54, 1.807) is 13.8 Å². The summed E-state index contributed by atoms with van der Waals surface area (Å²) in [4.78, 5) is 0.161. The molecular formula is C13H18FNO3S. The number of hydrogen-bond donors (Lipinski definition) is 1. The summed E-state index contributed by atoms with van der Waals surface area (Å²) in [6.45, 7) is 3.05. The van der Waals surface area contributed by atoms with Crippen molar-refractivity contribution in [3.8, 4) is 0 Å². The first kappa shape index (κ1) is 14.4. The second-order valence-corrected chi connectivity index (χ2v) is 6.77. The highest BCUT2D eigenvalue weighted by Crippen LogP contribution is 2.34. The third-order valence-electron chi connectivity index (χ3n) is 3.27. The van der Waals surface area contributed by atoms with Crippen molar-refractivity contribution in [3.63, 3.8) is 0 Å². The van der Waals surface area contributed by atoms with Crippen molar-refractivity contribution in [2.45, 2.75) is 37.6 Å². The van der Waals surface area contributed by atoms with Crippen molar-refractivity contribution < 1.29 is 17.9 Å². The first-order chi connectivity index (χ1) is 8.87. The molecule has 1 fully saturated rings. The zero-order valence-electron chi connectivity index (χ0n) is 11.1. The van der Waals surface area contributed by atoms with Gasteiger partial charge in [0.05, 0.1) is 11.5 Å². The number of hydrogen-bond acceptors (Lipinski definition) is 3. The summed E-state index contributed by atoms with van der Waals surface area (Å²) in [6.07, 6.45) is 1.64. The molecule has 0 radical (unpaired) electrons. The topological polar surface area (TPSA) is 57.6 Å². The largest absolute Gasteiger partial charge is 0.395 e. The highest BCUT2D eigenvalue weighted by atomic mass is 32.2. The lowest BCUT2D eigenvalue weighted by molar-refractivity contribution is 0.250. The van der Waals surface area contributed by atoms with Crippen LogP contribution in [0.15, 0.2) is 17.0 Å². The number of rotatable bonds is 5. The lowest BCUT2D eigenvalue weighted by atomic mass is 10.1. The van der Waals surface area contributed by atoms with Crippen LogP contribution in [0.2, 0.25) is 0 Å². The summed E-state index contributed by atoms with van der Waals surface area (Å²) in [5.74, 6) is -0.436. The maximum atomic E-state index is 13.3. The van der Waals surface area contributed by atoms with Crippen LogP contribution >= 0.6 is 0 Å². The van der Waals surface area contributed by atoms with E-state index in [2.05, 4.69) is 0 Å². The van der Waals surface area contributed by atoms with E-state index < -0.39 is 15.8 Å². The molecule has 1 aliphatic rings. The molecule has 4 nitrogen and oxygen atoms in total. The predicted octanol–water partition coefficient (Wildman–Crippen LogP) is 1.59. The minimum atomic E-state index is -3.67. The molecule has 0 bridgehead atoms. The molecule has 0 saturated heterocycles. The Morgan fingerprint density at radius 3 is 2.26 bits per heavy atom. The van der Waals surface area contributed by atoms with Crippen molar-refractivity contribution in [3.05, 3.63) is 29.1 Å². The number of aryl methyl sites for hydroxylation is 2. The second kappa shape index (κ2) is 5.19. The second-order valence-electron chi connectivity index (χ2n) is 4.94. The Balaban J connectivity index is 2.49. The van der Waals surface area contributed by atoms with Gasteiger partial charge in [-0.15, -0.1) is 0 Å². The zero-order valence-corrected chi connectivity index (χ0v) is 11.9. The van der Waals surface area contributed by atoms with Gasteiger partial charge in [0.1, 0.15) is 5.82 Å². The van der Waals surface area contributed by atoms with Gasteiger partial charge in [0.2, 0.25) is 10.0 Å². The van der Waals surface area contributed by atoms with Crippen LogP contribution in [0.25, 0.3) is 0 Å². The third-order valence-corrected chi connectivity index (χ3v) is 5.52. The van der Waals surface area contributed by atoms with Gasteiger partial charge in [0, 0.05) is 12.6 Å². The van der Waals surface area contributed by atoms with Crippen LogP contribution < -0.4 is 0 Å². The standard InChI is InChI=1S/C13H18FNO3S/c1-9-7-11(14)8-10(2)13(9)19(17,18)15(5-6-16)12-3-4-12/h7-8,12,16H,3-6H2,1-2H3. The van der Waals surface area contributed by atoms with Gasteiger partial charge in [0.25, 0.3) is 0 Å². The van der Waals surface area contributed by atoms with Gasteiger partial charge in [-0.1, -0.05) is 0 Å².